The van der Waals surface area contributed by atoms with Crippen molar-refractivity contribution in [2.45, 2.75) is 19.5 Å². The summed E-state index contributed by atoms with van der Waals surface area (Å²) in [4.78, 5) is 3.89. The zero-order valence-corrected chi connectivity index (χ0v) is 10.9. The maximum atomic E-state index is 12.6. The molecule has 0 radical (unpaired) electrons. The zero-order chi connectivity index (χ0) is 14.3. The monoisotopic (exact) mass is 278 g/mol. The van der Waals surface area contributed by atoms with Crippen LogP contribution in [0.5, 0.6) is 5.88 Å². The Kier molecular flexibility index (Phi) is 5.88. The second-order valence-electron chi connectivity index (χ2n) is 3.79. The van der Waals surface area contributed by atoms with Gasteiger partial charge in [-0.05, 0) is 12.5 Å². The maximum Gasteiger partial charge on any atom is 0.416 e. The number of hydrogen-bond acceptors (Lipinski definition) is 4. The molecule has 0 unspecified atom stereocenters. The number of anilines is 1. The summed E-state index contributed by atoms with van der Waals surface area (Å²) in [5.74, 6) is 0.0403. The van der Waals surface area contributed by atoms with Gasteiger partial charge < -0.3 is 14.8 Å². The molecule has 0 aliphatic heterocycles. The summed E-state index contributed by atoms with van der Waals surface area (Å²) in [6, 6.07) is 1.81. The van der Waals surface area contributed by atoms with Gasteiger partial charge in [0.2, 0.25) is 5.88 Å². The second kappa shape index (κ2) is 7.18. The minimum atomic E-state index is -4.43. The fourth-order valence-electron chi connectivity index (χ4n) is 1.32. The lowest BCUT2D eigenvalue weighted by Crippen LogP contribution is -2.11. The fraction of sp³-hybridized carbons (Fsp3) is 0.583. The summed E-state index contributed by atoms with van der Waals surface area (Å²) in [7, 11) is 1.50. The first-order chi connectivity index (χ1) is 8.97. The molecule has 0 aliphatic rings. The molecule has 1 rings (SSSR count). The van der Waals surface area contributed by atoms with Crippen molar-refractivity contribution in [3.05, 3.63) is 17.7 Å². The molecule has 0 fully saturated rings. The highest BCUT2D eigenvalue weighted by Gasteiger charge is 2.31. The van der Waals surface area contributed by atoms with Crippen LogP contribution in [-0.2, 0) is 10.9 Å². The highest BCUT2D eigenvalue weighted by Crippen LogP contribution is 2.32. The average molecular weight is 278 g/mol. The first-order valence-corrected chi connectivity index (χ1v) is 5.95. The van der Waals surface area contributed by atoms with E-state index in [-0.39, 0.29) is 18.3 Å². The van der Waals surface area contributed by atoms with E-state index in [4.69, 9.17) is 9.47 Å². The van der Waals surface area contributed by atoms with E-state index in [9.17, 15) is 13.2 Å². The molecule has 0 spiro atoms. The maximum absolute atomic E-state index is 12.6. The van der Waals surface area contributed by atoms with Crippen molar-refractivity contribution in [3.8, 4) is 5.88 Å². The van der Waals surface area contributed by atoms with Gasteiger partial charge >= 0.3 is 6.18 Å². The summed E-state index contributed by atoms with van der Waals surface area (Å²) >= 11 is 0. The lowest BCUT2D eigenvalue weighted by molar-refractivity contribution is -0.137. The normalized spacial score (nSPS) is 11.4. The number of hydrogen-bond donors (Lipinski definition) is 1. The molecule has 0 aromatic carbocycles. The van der Waals surface area contributed by atoms with E-state index in [1.54, 1.807) is 0 Å². The summed E-state index contributed by atoms with van der Waals surface area (Å²) in [5.41, 5.74) is -0.795. The Bertz CT molecular complexity index is 397. The molecule has 1 aromatic heterocycles. The molecule has 0 saturated carbocycles. The molecule has 7 heteroatoms. The number of ether oxygens (including phenoxy) is 2. The van der Waals surface area contributed by atoms with Crippen molar-refractivity contribution in [2.24, 2.45) is 0 Å². The van der Waals surface area contributed by atoms with Crippen LogP contribution in [0, 0.1) is 0 Å². The van der Waals surface area contributed by atoms with E-state index in [1.165, 1.54) is 7.05 Å². The van der Waals surface area contributed by atoms with E-state index >= 15 is 0 Å². The zero-order valence-electron chi connectivity index (χ0n) is 10.9. The molecule has 0 amide bonds. The van der Waals surface area contributed by atoms with Crippen LogP contribution in [0.1, 0.15) is 18.9 Å². The molecule has 0 aliphatic carbocycles. The van der Waals surface area contributed by atoms with Gasteiger partial charge in [0.1, 0.15) is 12.4 Å². The highest BCUT2D eigenvalue weighted by atomic mass is 19.4. The first kappa shape index (κ1) is 15.6. The Morgan fingerprint density at radius 1 is 1.21 bits per heavy atom. The Morgan fingerprint density at radius 2 is 1.95 bits per heavy atom. The molecule has 4 nitrogen and oxygen atoms in total. The number of pyridine rings is 1. The van der Waals surface area contributed by atoms with Gasteiger partial charge in [-0.3, -0.25) is 0 Å². The third-order valence-corrected chi connectivity index (χ3v) is 2.21. The number of nitrogens with one attached hydrogen (secondary N) is 1. The number of aromatic nitrogens is 1. The van der Waals surface area contributed by atoms with E-state index in [2.05, 4.69) is 10.3 Å². The molecular formula is C12H17F3N2O2. The van der Waals surface area contributed by atoms with Gasteiger partial charge in [-0.1, -0.05) is 6.92 Å². The van der Waals surface area contributed by atoms with Crippen LogP contribution in [0.15, 0.2) is 12.1 Å². The highest BCUT2D eigenvalue weighted by molar-refractivity contribution is 5.42. The molecule has 0 bridgehead atoms. The summed E-state index contributed by atoms with van der Waals surface area (Å²) in [6.45, 7) is 3.05. The Balaban J connectivity index is 2.67. The van der Waals surface area contributed by atoms with E-state index in [0.717, 1.165) is 18.6 Å². The largest absolute Gasteiger partial charge is 0.475 e. The SMILES string of the molecule is CCCOCCOc1cc(C(F)(F)F)cc(NC)n1. The summed E-state index contributed by atoms with van der Waals surface area (Å²) in [6.07, 6.45) is -3.54. The quantitative estimate of drug-likeness (QED) is 0.779. The van der Waals surface area contributed by atoms with Crippen molar-refractivity contribution in [2.75, 3.05) is 32.2 Å². The lowest BCUT2D eigenvalue weighted by atomic mass is 10.2. The number of halogens is 3. The minimum Gasteiger partial charge on any atom is -0.475 e. The number of alkyl halides is 3. The molecule has 108 valence electrons. The fourth-order valence-corrected chi connectivity index (χ4v) is 1.32. The summed E-state index contributed by atoms with van der Waals surface area (Å²) < 4.78 is 48.2. The van der Waals surface area contributed by atoms with E-state index in [1.807, 2.05) is 6.92 Å². The van der Waals surface area contributed by atoms with Gasteiger partial charge in [0.15, 0.2) is 0 Å². The Hall–Kier alpha value is -1.50. The predicted molar refractivity (Wildman–Crippen MR) is 65.4 cm³/mol. The van der Waals surface area contributed by atoms with Gasteiger partial charge in [-0.25, -0.2) is 0 Å². The Labute approximate surface area is 109 Å². The second-order valence-corrected chi connectivity index (χ2v) is 3.79. The number of nitrogens with zero attached hydrogens (tertiary/aromatic N) is 1. The van der Waals surface area contributed by atoms with Crippen LogP contribution < -0.4 is 10.1 Å². The van der Waals surface area contributed by atoms with Crippen LogP contribution in [-0.4, -0.2) is 31.9 Å². The summed E-state index contributed by atoms with van der Waals surface area (Å²) in [5, 5.41) is 2.57. The smallest absolute Gasteiger partial charge is 0.416 e. The molecular weight excluding hydrogens is 261 g/mol. The van der Waals surface area contributed by atoms with Gasteiger partial charge in [-0.2, -0.15) is 18.2 Å². The lowest BCUT2D eigenvalue weighted by Gasteiger charge is -2.12. The molecule has 19 heavy (non-hydrogen) atoms. The molecule has 0 atom stereocenters. The van der Waals surface area contributed by atoms with Gasteiger partial charge in [0, 0.05) is 19.7 Å². The van der Waals surface area contributed by atoms with Crippen molar-refractivity contribution < 1.29 is 22.6 Å². The molecule has 0 saturated heterocycles. The van der Waals surface area contributed by atoms with Crippen LogP contribution in [0.4, 0.5) is 19.0 Å². The van der Waals surface area contributed by atoms with Crippen molar-refractivity contribution in [1.29, 1.82) is 0 Å². The third kappa shape index (κ3) is 5.34. The Morgan fingerprint density at radius 3 is 2.53 bits per heavy atom. The van der Waals surface area contributed by atoms with Crippen molar-refractivity contribution >= 4 is 5.82 Å². The topological polar surface area (TPSA) is 43.4 Å². The minimum absolute atomic E-state index is 0.0701. The van der Waals surface area contributed by atoms with Gasteiger partial charge in [-0.15, -0.1) is 0 Å². The number of rotatable bonds is 7. The van der Waals surface area contributed by atoms with Crippen LogP contribution in [0.3, 0.4) is 0 Å². The van der Waals surface area contributed by atoms with Crippen LogP contribution >= 0.6 is 0 Å². The van der Waals surface area contributed by atoms with Crippen LogP contribution in [0.2, 0.25) is 0 Å². The first-order valence-electron chi connectivity index (χ1n) is 5.95. The predicted octanol–water partition coefficient (Wildman–Crippen LogP) is 2.95. The third-order valence-electron chi connectivity index (χ3n) is 2.21. The van der Waals surface area contributed by atoms with Crippen LogP contribution in [0.25, 0.3) is 0 Å². The molecule has 1 aromatic rings. The van der Waals surface area contributed by atoms with Gasteiger partial charge in [0.25, 0.3) is 0 Å². The van der Waals surface area contributed by atoms with E-state index < -0.39 is 11.7 Å². The molecule has 1 heterocycles. The van der Waals surface area contributed by atoms with Gasteiger partial charge in [0.05, 0.1) is 12.2 Å². The van der Waals surface area contributed by atoms with Crippen molar-refractivity contribution in [3.63, 3.8) is 0 Å². The average Bonchev–Trinajstić information content (AvgIpc) is 2.37. The van der Waals surface area contributed by atoms with E-state index in [0.29, 0.717) is 13.2 Å². The standard InChI is InChI=1S/C12H17F3N2O2/c1-3-4-18-5-6-19-11-8-9(12(13,14)15)7-10(16-2)17-11/h7-8H,3-6H2,1-2H3,(H,16,17). The molecule has 1 N–H and O–H groups in total. The van der Waals surface area contributed by atoms with Crippen molar-refractivity contribution in [1.82, 2.24) is 4.98 Å².